The highest BCUT2D eigenvalue weighted by Crippen LogP contribution is 2.20. The SMILES string of the molecule is Cl.Cl.O=C(CCC1CCNCC1)N1CCN(S(=O)(=O)c2cccnc2)CC1. The predicted octanol–water partition coefficient (Wildman–Crippen LogP) is 1.54. The Hall–Kier alpha value is -0.930. The quantitative estimate of drug-likeness (QED) is 0.753. The van der Waals surface area contributed by atoms with Gasteiger partial charge in [-0.25, -0.2) is 8.42 Å². The Kier molecular flexibility index (Phi) is 9.97. The van der Waals surface area contributed by atoms with E-state index in [1.165, 1.54) is 10.5 Å². The number of carbonyl (C=O) groups is 1. The molecule has 0 atom stereocenters. The summed E-state index contributed by atoms with van der Waals surface area (Å²) in [5.74, 6) is 0.786. The van der Waals surface area contributed by atoms with Crippen molar-refractivity contribution in [1.29, 1.82) is 0 Å². The minimum Gasteiger partial charge on any atom is -0.340 e. The molecule has 0 bridgehead atoms. The number of hydrogen-bond donors (Lipinski definition) is 1. The molecule has 7 nitrogen and oxygen atoms in total. The lowest BCUT2D eigenvalue weighted by atomic mass is 9.93. The maximum Gasteiger partial charge on any atom is 0.244 e. The summed E-state index contributed by atoms with van der Waals surface area (Å²) < 4.78 is 26.6. The molecule has 0 saturated carbocycles. The Labute approximate surface area is 173 Å². The molecule has 1 aromatic rings. The van der Waals surface area contributed by atoms with Gasteiger partial charge in [-0.15, -0.1) is 24.8 Å². The van der Waals surface area contributed by atoms with Gasteiger partial charge in [0.2, 0.25) is 15.9 Å². The van der Waals surface area contributed by atoms with Crippen LogP contribution in [0.5, 0.6) is 0 Å². The van der Waals surface area contributed by atoms with E-state index in [1.54, 1.807) is 23.2 Å². The maximum atomic E-state index is 12.6. The number of sulfonamides is 1. The monoisotopic (exact) mass is 438 g/mol. The number of hydrogen-bond acceptors (Lipinski definition) is 5. The van der Waals surface area contributed by atoms with E-state index in [-0.39, 0.29) is 35.6 Å². The van der Waals surface area contributed by atoms with Gasteiger partial charge >= 0.3 is 0 Å². The van der Waals surface area contributed by atoms with Crippen LogP contribution in [-0.4, -0.2) is 67.8 Å². The van der Waals surface area contributed by atoms with Gasteiger partial charge in [0.05, 0.1) is 0 Å². The van der Waals surface area contributed by atoms with E-state index >= 15 is 0 Å². The number of piperidine rings is 1. The molecule has 2 aliphatic heterocycles. The Balaban J connectivity index is 0.00000182. The van der Waals surface area contributed by atoms with E-state index in [4.69, 9.17) is 0 Å². The lowest BCUT2D eigenvalue weighted by molar-refractivity contribution is -0.132. The molecule has 10 heteroatoms. The van der Waals surface area contributed by atoms with Crippen molar-refractivity contribution in [3.8, 4) is 0 Å². The molecule has 154 valence electrons. The first-order valence-electron chi connectivity index (χ1n) is 8.96. The number of piperazine rings is 1. The summed E-state index contributed by atoms with van der Waals surface area (Å²) in [5, 5.41) is 3.34. The highest BCUT2D eigenvalue weighted by molar-refractivity contribution is 7.89. The van der Waals surface area contributed by atoms with Gasteiger partial charge in [-0.2, -0.15) is 4.31 Å². The van der Waals surface area contributed by atoms with Crippen LogP contribution in [-0.2, 0) is 14.8 Å². The summed E-state index contributed by atoms with van der Waals surface area (Å²) in [7, 11) is -3.51. The molecule has 0 aromatic carbocycles. The molecule has 3 rings (SSSR count). The van der Waals surface area contributed by atoms with Gasteiger partial charge in [-0.1, -0.05) is 0 Å². The second-order valence-electron chi connectivity index (χ2n) is 6.71. The Morgan fingerprint density at radius 3 is 2.41 bits per heavy atom. The fourth-order valence-corrected chi connectivity index (χ4v) is 4.87. The number of aromatic nitrogens is 1. The van der Waals surface area contributed by atoms with E-state index in [9.17, 15) is 13.2 Å². The predicted molar refractivity (Wildman–Crippen MR) is 109 cm³/mol. The number of nitrogens with zero attached hydrogens (tertiary/aromatic N) is 3. The van der Waals surface area contributed by atoms with Gasteiger partial charge < -0.3 is 10.2 Å². The smallest absolute Gasteiger partial charge is 0.244 e. The third-order valence-electron chi connectivity index (χ3n) is 5.09. The van der Waals surface area contributed by atoms with Crippen LogP contribution in [0.1, 0.15) is 25.7 Å². The molecule has 3 heterocycles. The fourth-order valence-electron chi connectivity index (χ4n) is 3.48. The maximum absolute atomic E-state index is 12.6. The van der Waals surface area contributed by atoms with E-state index in [0.29, 0.717) is 38.5 Å². The number of rotatable bonds is 5. The van der Waals surface area contributed by atoms with Crippen LogP contribution in [0.2, 0.25) is 0 Å². The summed E-state index contributed by atoms with van der Waals surface area (Å²) in [6, 6.07) is 3.17. The number of amides is 1. The standard InChI is InChI=1S/C17H26N4O3S.2ClH/c22-17(4-3-15-5-8-18-9-6-15)20-10-12-21(13-11-20)25(23,24)16-2-1-7-19-14-16;;/h1-2,7,14-15,18H,3-6,8-13H2;2*1H. The van der Waals surface area contributed by atoms with E-state index in [2.05, 4.69) is 10.3 Å². The minimum absolute atomic E-state index is 0. The molecular weight excluding hydrogens is 411 g/mol. The Morgan fingerprint density at radius 2 is 1.81 bits per heavy atom. The molecule has 1 aromatic heterocycles. The highest BCUT2D eigenvalue weighted by atomic mass is 35.5. The van der Waals surface area contributed by atoms with Crippen molar-refractivity contribution in [2.75, 3.05) is 39.3 Å². The summed E-state index contributed by atoms with van der Waals surface area (Å²) >= 11 is 0. The van der Waals surface area contributed by atoms with Crippen molar-refractivity contribution < 1.29 is 13.2 Å². The molecule has 1 amide bonds. The second kappa shape index (κ2) is 11.2. The number of nitrogens with one attached hydrogen (secondary N) is 1. The summed E-state index contributed by atoms with van der Waals surface area (Å²) in [6.07, 6.45) is 6.72. The first kappa shape index (κ1) is 24.1. The lowest BCUT2D eigenvalue weighted by Gasteiger charge is -2.34. The molecule has 0 aliphatic carbocycles. The molecule has 2 aliphatic rings. The topological polar surface area (TPSA) is 82.6 Å². The normalized spacial score (nSPS) is 19.0. The molecule has 0 unspecified atom stereocenters. The lowest BCUT2D eigenvalue weighted by Crippen LogP contribution is -2.50. The summed E-state index contributed by atoms with van der Waals surface area (Å²) in [6.45, 7) is 3.70. The minimum atomic E-state index is -3.51. The van der Waals surface area contributed by atoms with E-state index in [0.717, 1.165) is 32.4 Å². The summed E-state index contributed by atoms with van der Waals surface area (Å²) in [4.78, 5) is 18.3. The van der Waals surface area contributed by atoms with Crippen molar-refractivity contribution >= 4 is 40.7 Å². The third-order valence-corrected chi connectivity index (χ3v) is 6.97. The van der Waals surface area contributed by atoms with Crippen LogP contribution in [0.25, 0.3) is 0 Å². The highest BCUT2D eigenvalue weighted by Gasteiger charge is 2.30. The van der Waals surface area contributed by atoms with Gasteiger partial charge in [-0.3, -0.25) is 9.78 Å². The van der Waals surface area contributed by atoms with Crippen molar-refractivity contribution in [3.63, 3.8) is 0 Å². The van der Waals surface area contributed by atoms with E-state index < -0.39 is 10.0 Å². The van der Waals surface area contributed by atoms with Gasteiger partial charge in [0, 0.05) is 45.0 Å². The molecule has 27 heavy (non-hydrogen) atoms. The fraction of sp³-hybridized carbons (Fsp3) is 0.647. The summed E-state index contributed by atoms with van der Waals surface area (Å²) in [5.41, 5.74) is 0. The molecule has 1 N–H and O–H groups in total. The van der Waals surface area contributed by atoms with Crippen LogP contribution in [0.3, 0.4) is 0 Å². The van der Waals surface area contributed by atoms with Crippen LogP contribution in [0.4, 0.5) is 0 Å². The average molecular weight is 439 g/mol. The van der Waals surface area contributed by atoms with Crippen LogP contribution < -0.4 is 5.32 Å². The van der Waals surface area contributed by atoms with Gasteiger partial charge in [-0.05, 0) is 50.4 Å². The first-order valence-corrected chi connectivity index (χ1v) is 10.4. The number of halogens is 2. The second-order valence-corrected chi connectivity index (χ2v) is 8.64. The van der Waals surface area contributed by atoms with Crippen LogP contribution in [0.15, 0.2) is 29.4 Å². The Morgan fingerprint density at radius 1 is 1.15 bits per heavy atom. The zero-order valence-corrected chi connectivity index (χ0v) is 17.7. The van der Waals surface area contributed by atoms with Crippen LogP contribution in [0, 0.1) is 5.92 Å². The molecule has 0 radical (unpaired) electrons. The number of pyridine rings is 1. The molecular formula is C17H28Cl2N4O3S. The zero-order chi connectivity index (χ0) is 17.7. The van der Waals surface area contributed by atoms with Crippen molar-refractivity contribution in [3.05, 3.63) is 24.5 Å². The van der Waals surface area contributed by atoms with Gasteiger partial charge in [0.15, 0.2) is 0 Å². The Bertz CT molecular complexity index is 677. The molecule has 2 saturated heterocycles. The molecule has 2 fully saturated rings. The largest absolute Gasteiger partial charge is 0.340 e. The third kappa shape index (κ3) is 6.29. The van der Waals surface area contributed by atoms with Crippen LogP contribution >= 0.6 is 24.8 Å². The van der Waals surface area contributed by atoms with Crippen molar-refractivity contribution in [2.45, 2.75) is 30.6 Å². The zero-order valence-electron chi connectivity index (χ0n) is 15.2. The van der Waals surface area contributed by atoms with Gasteiger partial charge in [0.25, 0.3) is 0 Å². The van der Waals surface area contributed by atoms with Crippen molar-refractivity contribution in [1.82, 2.24) is 19.5 Å². The van der Waals surface area contributed by atoms with E-state index in [1.807, 2.05) is 0 Å². The van der Waals surface area contributed by atoms with Crippen molar-refractivity contribution in [2.24, 2.45) is 5.92 Å². The number of carbonyl (C=O) groups excluding carboxylic acids is 1. The molecule has 0 spiro atoms. The first-order chi connectivity index (χ1) is 12.1. The van der Waals surface area contributed by atoms with Gasteiger partial charge in [0.1, 0.15) is 4.90 Å². The average Bonchev–Trinajstić information content (AvgIpc) is 2.68.